The first-order valence-electron chi connectivity index (χ1n) is 9.01. The van der Waals surface area contributed by atoms with Gasteiger partial charge in [-0.15, -0.1) is 5.10 Å². The summed E-state index contributed by atoms with van der Waals surface area (Å²) in [7, 11) is 1.89. The molecule has 3 aromatic rings. The number of nitrogens with zero attached hydrogens (tertiary/aromatic N) is 5. The standard InChI is InChI=1S/C19H22FN5OS/c1-4-12-5-11(2)6-15(26)17(12)25-10-16-18(23-25)22-19(27-16)21-14-7-13(20)8-24(3)9-14/h5-6,10,13,26H,4,7-9H2,1-3H3/t13-/m1/s1. The van der Waals surface area contributed by atoms with Gasteiger partial charge in [-0.1, -0.05) is 24.3 Å². The molecule has 0 amide bonds. The molecule has 0 saturated carbocycles. The maximum absolute atomic E-state index is 13.7. The zero-order chi connectivity index (χ0) is 19.1. The zero-order valence-electron chi connectivity index (χ0n) is 15.6. The number of aliphatic imine (C=N–C) groups is 1. The van der Waals surface area contributed by atoms with Crippen molar-refractivity contribution in [2.24, 2.45) is 4.99 Å². The van der Waals surface area contributed by atoms with Crippen LogP contribution in [0.15, 0.2) is 23.3 Å². The van der Waals surface area contributed by atoms with Crippen LogP contribution in [0.4, 0.5) is 9.52 Å². The summed E-state index contributed by atoms with van der Waals surface area (Å²) in [5, 5.41) is 15.5. The first kappa shape index (κ1) is 18.1. The van der Waals surface area contributed by atoms with Crippen molar-refractivity contribution in [3.05, 3.63) is 29.5 Å². The number of aromatic hydroxyl groups is 1. The molecule has 1 aliphatic heterocycles. The minimum Gasteiger partial charge on any atom is -0.506 e. The number of piperidine rings is 1. The molecule has 6 nitrogen and oxygen atoms in total. The summed E-state index contributed by atoms with van der Waals surface area (Å²) >= 11 is 1.43. The van der Waals surface area contributed by atoms with Crippen LogP contribution in [0.2, 0.25) is 0 Å². The second-order valence-corrected chi connectivity index (χ2v) is 8.09. The summed E-state index contributed by atoms with van der Waals surface area (Å²) in [6.07, 6.45) is 2.14. The first-order chi connectivity index (χ1) is 12.9. The molecule has 1 saturated heterocycles. The average Bonchev–Trinajstić information content (AvgIpc) is 3.11. The molecule has 142 valence electrons. The van der Waals surface area contributed by atoms with E-state index in [4.69, 9.17) is 0 Å². The molecule has 3 heterocycles. The molecule has 1 N–H and O–H groups in total. The first-order valence-corrected chi connectivity index (χ1v) is 9.82. The SMILES string of the molecule is CCc1cc(C)cc(O)c1-n1cc2sc(N=C3C[C@@H](F)CN(C)C3)nc2n1. The normalized spacial score (nSPS) is 20.0. The van der Waals surface area contributed by atoms with Crippen molar-refractivity contribution in [2.75, 3.05) is 20.1 Å². The molecule has 4 rings (SSSR count). The topological polar surface area (TPSA) is 66.5 Å². The Kier molecular flexibility index (Phi) is 4.69. The van der Waals surface area contributed by atoms with Crippen LogP contribution in [0.3, 0.4) is 0 Å². The Labute approximate surface area is 161 Å². The van der Waals surface area contributed by atoms with Gasteiger partial charge in [-0.25, -0.2) is 14.1 Å². The molecule has 1 aliphatic rings. The van der Waals surface area contributed by atoms with Crippen LogP contribution in [0.5, 0.6) is 5.75 Å². The van der Waals surface area contributed by atoms with E-state index in [1.807, 2.05) is 25.1 Å². The molecule has 2 aromatic heterocycles. The number of aryl methyl sites for hydroxylation is 2. The maximum atomic E-state index is 13.7. The second kappa shape index (κ2) is 7.01. The fourth-order valence-electron chi connectivity index (χ4n) is 3.56. The molecular formula is C19H22FN5OS. The van der Waals surface area contributed by atoms with Gasteiger partial charge in [0.15, 0.2) is 5.65 Å². The van der Waals surface area contributed by atoms with Gasteiger partial charge in [0.05, 0.1) is 10.9 Å². The minimum absolute atomic E-state index is 0.210. The largest absolute Gasteiger partial charge is 0.506 e. The Morgan fingerprint density at radius 3 is 2.93 bits per heavy atom. The third-order valence-corrected chi connectivity index (χ3v) is 5.53. The van der Waals surface area contributed by atoms with Crippen LogP contribution in [-0.2, 0) is 6.42 Å². The molecule has 0 spiro atoms. The summed E-state index contributed by atoms with van der Waals surface area (Å²) in [5.41, 5.74) is 4.13. The summed E-state index contributed by atoms with van der Waals surface area (Å²) in [6, 6.07) is 3.80. The number of likely N-dealkylation sites (tertiary alicyclic amines) is 1. The second-order valence-electron chi connectivity index (χ2n) is 7.08. The van der Waals surface area contributed by atoms with Gasteiger partial charge < -0.3 is 5.11 Å². The number of hydrogen-bond donors (Lipinski definition) is 1. The predicted molar refractivity (Wildman–Crippen MR) is 107 cm³/mol. The number of phenolic OH excluding ortho intramolecular Hbond substituents is 1. The molecule has 8 heteroatoms. The third-order valence-electron chi connectivity index (χ3n) is 4.66. The van der Waals surface area contributed by atoms with Gasteiger partial charge in [-0.3, -0.25) is 4.90 Å². The molecule has 0 bridgehead atoms. The molecule has 0 unspecified atom stereocenters. The fourth-order valence-corrected chi connectivity index (χ4v) is 4.39. The number of phenols is 1. The highest BCUT2D eigenvalue weighted by Crippen LogP contribution is 2.32. The van der Waals surface area contributed by atoms with Crippen molar-refractivity contribution < 1.29 is 9.50 Å². The van der Waals surface area contributed by atoms with Gasteiger partial charge in [-0.05, 0) is 37.6 Å². The van der Waals surface area contributed by atoms with Crippen molar-refractivity contribution in [3.63, 3.8) is 0 Å². The van der Waals surface area contributed by atoms with Crippen molar-refractivity contribution in [1.29, 1.82) is 0 Å². The molecule has 1 aromatic carbocycles. The van der Waals surface area contributed by atoms with Crippen molar-refractivity contribution >= 4 is 32.5 Å². The van der Waals surface area contributed by atoms with Crippen LogP contribution >= 0.6 is 11.3 Å². The van der Waals surface area contributed by atoms with E-state index >= 15 is 0 Å². The molecule has 0 aliphatic carbocycles. The van der Waals surface area contributed by atoms with Gasteiger partial charge >= 0.3 is 0 Å². The monoisotopic (exact) mass is 387 g/mol. The van der Waals surface area contributed by atoms with Crippen molar-refractivity contribution in [2.45, 2.75) is 32.9 Å². The number of benzene rings is 1. The fraction of sp³-hybridized carbons (Fsp3) is 0.421. The van der Waals surface area contributed by atoms with Crippen LogP contribution in [0.25, 0.3) is 16.0 Å². The maximum Gasteiger partial charge on any atom is 0.211 e. The van der Waals surface area contributed by atoms with Crippen molar-refractivity contribution in [3.8, 4) is 11.4 Å². The molecule has 1 atom stereocenters. The molecule has 27 heavy (non-hydrogen) atoms. The van der Waals surface area contributed by atoms with E-state index in [0.717, 1.165) is 28.0 Å². The van der Waals surface area contributed by atoms with Gasteiger partial charge in [0, 0.05) is 25.2 Å². The van der Waals surface area contributed by atoms with E-state index in [1.165, 1.54) is 11.3 Å². The number of hydrogen-bond acceptors (Lipinski definition) is 6. The van der Waals surface area contributed by atoms with Crippen LogP contribution < -0.4 is 0 Å². The van der Waals surface area contributed by atoms with Crippen LogP contribution in [-0.4, -0.2) is 56.8 Å². The van der Waals surface area contributed by atoms with E-state index in [9.17, 15) is 9.50 Å². The van der Waals surface area contributed by atoms with Crippen molar-refractivity contribution in [1.82, 2.24) is 19.7 Å². The lowest BCUT2D eigenvalue weighted by molar-refractivity contribution is 0.222. The van der Waals surface area contributed by atoms with E-state index in [-0.39, 0.29) is 5.75 Å². The number of fused-ring (bicyclic) bond motifs is 1. The van der Waals surface area contributed by atoms with Crippen LogP contribution in [0.1, 0.15) is 24.5 Å². The Morgan fingerprint density at radius 2 is 2.22 bits per heavy atom. The summed E-state index contributed by atoms with van der Waals surface area (Å²) < 4.78 is 16.3. The summed E-state index contributed by atoms with van der Waals surface area (Å²) in [4.78, 5) is 10.9. The lowest BCUT2D eigenvalue weighted by Gasteiger charge is -2.25. The molecule has 0 radical (unpaired) electrons. The molecular weight excluding hydrogens is 365 g/mol. The van der Waals surface area contributed by atoms with Gasteiger partial charge in [0.1, 0.15) is 17.6 Å². The molecule has 1 fully saturated rings. The summed E-state index contributed by atoms with van der Waals surface area (Å²) in [6.45, 7) is 5.12. The Bertz CT molecular complexity index is 981. The minimum atomic E-state index is -0.877. The van der Waals surface area contributed by atoms with Gasteiger partial charge in [0.2, 0.25) is 5.13 Å². The number of aromatic nitrogens is 3. The van der Waals surface area contributed by atoms with Crippen LogP contribution in [0, 0.1) is 6.92 Å². The van der Waals surface area contributed by atoms with Gasteiger partial charge in [-0.2, -0.15) is 4.98 Å². The predicted octanol–water partition coefficient (Wildman–Crippen LogP) is 3.80. The number of alkyl halides is 1. The highest BCUT2D eigenvalue weighted by Gasteiger charge is 2.22. The quantitative estimate of drug-likeness (QED) is 0.742. The van der Waals surface area contributed by atoms with Gasteiger partial charge in [0.25, 0.3) is 0 Å². The van der Waals surface area contributed by atoms with E-state index < -0.39 is 6.17 Å². The Morgan fingerprint density at radius 1 is 1.41 bits per heavy atom. The third kappa shape index (κ3) is 3.59. The average molecular weight is 387 g/mol. The lowest BCUT2D eigenvalue weighted by Crippen LogP contribution is -2.39. The van der Waals surface area contributed by atoms with E-state index in [0.29, 0.717) is 36.0 Å². The van der Waals surface area contributed by atoms with E-state index in [2.05, 4.69) is 28.1 Å². The zero-order valence-corrected chi connectivity index (χ0v) is 16.4. The smallest absolute Gasteiger partial charge is 0.211 e. The van der Waals surface area contributed by atoms with E-state index in [1.54, 1.807) is 10.7 Å². The Hall–Kier alpha value is -2.32. The highest BCUT2D eigenvalue weighted by atomic mass is 32.1. The Balaban J connectivity index is 1.68. The summed E-state index contributed by atoms with van der Waals surface area (Å²) in [5.74, 6) is 0.210. The number of rotatable bonds is 3. The number of halogens is 1. The number of thiazole rings is 1. The lowest BCUT2D eigenvalue weighted by atomic mass is 10.1. The highest BCUT2D eigenvalue weighted by molar-refractivity contribution is 7.21.